The molecule has 0 aliphatic carbocycles. The van der Waals surface area contributed by atoms with Crippen LogP contribution < -0.4 is 5.32 Å². The first-order valence-electron chi connectivity index (χ1n) is 10.0. The minimum Gasteiger partial charge on any atom is -0.318 e. The molecule has 1 fully saturated rings. The number of benzene rings is 2. The van der Waals surface area contributed by atoms with Gasteiger partial charge in [0.05, 0.1) is 21.2 Å². The number of nitrogens with one attached hydrogen (secondary N) is 1. The van der Waals surface area contributed by atoms with Gasteiger partial charge in [-0.25, -0.2) is 4.99 Å². The molecule has 0 bridgehead atoms. The van der Waals surface area contributed by atoms with Crippen LogP contribution in [0.5, 0.6) is 0 Å². The topological polar surface area (TPSA) is 89.5 Å². The lowest BCUT2D eigenvalue weighted by atomic mass is 10.1. The number of hydrogen-bond donors (Lipinski definition) is 1. The van der Waals surface area contributed by atoms with Crippen molar-refractivity contribution in [3.8, 4) is 5.69 Å². The molecule has 0 unspecified atom stereocenters. The maximum atomic E-state index is 12.5. The molecule has 162 valence electrons. The molecule has 4 rings (SSSR count). The normalized spacial score (nSPS) is 16.1. The Morgan fingerprint density at radius 1 is 1.06 bits per heavy atom. The highest BCUT2D eigenvalue weighted by atomic mass is 32.2. The molecule has 1 aliphatic rings. The third-order valence-corrected chi connectivity index (χ3v) is 6.05. The number of nitro benzene ring substituents is 1. The molecule has 1 saturated heterocycles. The minimum atomic E-state index is -0.406. The van der Waals surface area contributed by atoms with Crippen molar-refractivity contribution in [1.29, 1.82) is 0 Å². The van der Waals surface area contributed by atoms with Crippen LogP contribution in [0.25, 0.3) is 11.8 Å². The monoisotopic (exact) mass is 446 g/mol. The first kappa shape index (κ1) is 21.6. The van der Waals surface area contributed by atoms with Crippen molar-refractivity contribution in [3.63, 3.8) is 0 Å². The lowest BCUT2D eigenvalue weighted by Gasteiger charge is -2.09. The third kappa shape index (κ3) is 4.36. The number of aromatic nitrogens is 1. The van der Waals surface area contributed by atoms with Crippen molar-refractivity contribution in [2.24, 2.45) is 4.99 Å². The minimum absolute atomic E-state index is 0.0351. The van der Waals surface area contributed by atoms with Crippen LogP contribution in [0.2, 0.25) is 0 Å². The summed E-state index contributed by atoms with van der Waals surface area (Å²) in [5.41, 5.74) is 6.46. The quantitative estimate of drug-likeness (QED) is 0.325. The molecule has 0 atom stereocenters. The van der Waals surface area contributed by atoms with E-state index in [1.54, 1.807) is 12.1 Å². The summed E-state index contributed by atoms with van der Waals surface area (Å²) >= 11 is 1.30. The summed E-state index contributed by atoms with van der Waals surface area (Å²) in [5.74, 6) is -0.196. The zero-order valence-electron chi connectivity index (χ0n) is 18.2. The average Bonchev–Trinajstić information content (AvgIpc) is 3.19. The zero-order valence-corrected chi connectivity index (χ0v) is 19.0. The molecule has 0 spiro atoms. The highest BCUT2D eigenvalue weighted by molar-refractivity contribution is 8.18. The molecule has 7 nitrogen and oxygen atoms in total. The number of nitro groups is 1. The van der Waals surface area contributed by atoms with Gasteiger partial charge >= 0.3 is 0 Å². The first-order valence-corrected chi connectivity index (χ1v) is 10.8. The number of non-ortho nitro benzene ring substituents is 1. The van der Waals surface area contributed by atoms with Crippen LogP contribution >= 0.6 is 11.8 Å². The van der Waals surface area contributed by atoms with Gasteiger partial charge < -0.3 is 9.88 Å². The van der Waals surface area contributed by atoms with E-state index in [-0.39, 0.29) is 11.6 Å². The van der Waals surface area contributed by atoms with Gasteiger partial charge in [0, 0.05) is 23.5 Å². The van der Waals surface area contributed by atoms with Gasteiger partial charge in [-0.3, -0.25) is 14.9 Å². The lowest BCUT2D eigenvalue weighted by Crippen LogP contribution is -2.19. The molecule has 2 heterocycles. The number of amidine groups is 1. The molecule has 1 amide bonds. The molecule has 0 saturated carbocycles. The van der Waals surface area contributed by atoms with Gasteiger partial charge in [-0.15, -0.1) is 0 Å². The summed E-state index contributed by atoms with van der Waals surface area (Å²) in [7, 11) is 0. The second-order valence-electron chi connectivity index (χ2n) is 7.77. The second kappa shape index (κ2) is 8.47. The zero-order chi connectivity index (χ0) is 23.0. The second-order valence-corrected chi connectivity index (χ2v) is 8.80. The molecular weight excluding hydrogens is 424 g/mol. The predicted octanol–water partition coefficient (Wildman–Crippen LogP) is 5.51. The Balaban J connectivity index is 1.65. The molecule has 3 aromatic rings. The number of rotatable bonds is 4. The number of thioether (sulfide) groups is 1. The fourth-order valence-electron chi connectivity index (χ4n) is 3.83. The van der Waals surface area contributed by atoms with E-state index in [4.69, 9.17) is 0 Å². The molecule has 1 N–H and O–H groups in total. The summed E-state index contributed by atoms with van der Waals surface area (Å²) < 4.78 is 1.95. The smallest absolute Gasteiger partial charge is 0.271 e. The number of hydrogen-bond acceptors (Lipinski definition) is 5. The number of aryl methyl sites for hydroxylation is 3. The predicted molar refractivity (Wildman–Crippen MR) is 129 cm³/mol. The standard InChI is InChI=1S/C24H22N4O3S/c1-14-8-15(2)10-19(9-14)25-24-26-23(29)22(32-24)12-18-11-16(3)27(17(18)4)20-6-5-7-21(13-20)28(30)31/h5-13H,1-4H3,(H,25,26,29)/b22-12-. The van der Waals surface area contributed by atoms with Gasteiger partial charge in [-0.2, -0.15) is 0 Å². The maximum absolute atomic E-state index is 12.5. The van der Waals surface area contributed by atoms with Gasteiger partial charge in [-0.05, 0) is 86.5 Å². The third-order valence-electron chi connectivity index (χ3n) is 5.14. The average molecular weight is 447 g/mol. The summed E-state index contributed by atoms with van der Waals surface area (Å²) in [6.45, 7) is 7.89. The number of amides is 1. The van der Waals surface area contributed by atoms with Gasteiger partial charge in [0.1, 0.15) is 0 Å². The van der Waals surface area contributed by atoms with E-state index in [0.717, 1.165) is 33.8 Å². The Labute approximate surface area is 190 Å². The van der Waals surface area contributed by atoms with Gasteiger partial charge in [0.25, 0.3) is 11.6 Å². The van der Waals surface area contributed by atoms with Gasteiger partial charge in [-0.1, -0.05) is 12.1 Å². The van der Waals surface area contributed by atoms with E-state index in [0.29, 0.717) is 15.8 Å². The number of nitrogens with zero attached hydrogens (tertiary/aromatic N) is 3. The first-order chi connectivity index (χ1) is 15.2. The Morgan fingerprint density at radius 3 is 2.47 bits per heavy atom. The molecule has 0 radical (unpaired) electrons. The van der Waals surface area contributed by atoms with E-state index < -0.39 is 4.92 Å². The van der Waals surface area contributed by atoms with Crippen LogP contribution in [0, 0.1) is 37.8 Å². The molecule has 1 aromatic heterocycles. The molecule has 1 aliphatic heterocycles. The van der Waals surface area contributed by atoms with Crippen LogP contribution in [0.1, 0.15) is 28.1 Å². The van der Waals surface area contributed by atoms with E-state index in [2.05, 4.69) is 16.4 Å². The summed E-state index contributed by atoms with van der Waals surface area (Å²) in [6.07, 6.45) is 1.83. The van der Waals surface area contributed by atoms with Crippen LogP contribution in [-0.4, -0.2) is 20.6 Å². The lowest BCUT2D eigenvalue weighted by molar-refractivity contribution is -0.384. The largest absolute Gasteiger partial charge is 0.318 e. The van der Waals surface area contributed by atoms with Crippen LogP contribution in [-0.2, 0) is 4.79 Å². The summed E-state index contributed by atoms with van der Waals surface area (Å²) in [5, 5.41) is 14.5. The van der Waals surface area contributed by atoms with Crippen molar-refractivity contribution in [1.82, 2.24) is 9.88 Å². The van der Waals surface area contributed by atoms with Crippen molar-refractivity contribution < 1.29 is 9.72 Å². The number of aliphatic imine (C=N–C) groups is 1. The van der Waals surface area contributed by atoms with Crippen LogP contribution in [0.15, 0.2) is 58.4 Å². The van der Waals surface area contributed by atoms with Crippen molar-refractivity contribution in [2.75, 3.05) is 0 Å². The molecule has 8 heteroatoms. The van der Waals surface area contributed by atoms with E-state index in [1.165, 1.54) is 17.8 Å². The van der Waals surface area contributed by atoms with Crippen LogP contribution in [0.3, 0.4) is 0 Å². The van der Waals surface area contributed by atoms with E-state index in [9.17, 15) is 14.9 Å². The van der Waals surface area contributed by atoms with E-state index >= 15 is 0 Å². The van der Waals surface area contributed by atoms with Gasteiger partial charge in [0.15, 0.2) is 5.17 Å². The maximum Gasteiger partial charge on any atom is 0.271 e. The number of carbonyl (C=O) groups is 1. The molecular formula is C24H22N4O3S. The summed E-state index contributed by atoms with van der Waals surface area (Å²) in [6, 6.07) is 14.5. The van der Waals surface area contributed by atoms with Gasteiger partial charge in [0.2, 0.25) is 0 Å². The number of carbonyl (C=O) groups excluding carboxylic acids is 1. The van der Waals surface area contributed by atoms with Crippen molar-refractivity contribution in [3.05, 3.63) is 91.6 Å². The Bertz CT molecular complexity index is 1300. The highest BCUT2D eigenvalue weighted by Crippen LogP contribution is 2.31. The Kier molecular flexibility index (Phi) is 5.71. The van der Waals surface area contributed by atoms with Crippen LogP contribution in [0.4, 0.5) is 11.4 Å². The molecule has 32 heavy (non-hydrogen) atoms. The highest BCUT2D eigenvalue weighted by Gasteiger charge is 2.25. The fourth-order valence-corrected chi connectivity index (χ4v) is 4.66. The summed E-state index contributed by atoms with van der Waals surface area (Å²) in [4.78, 5) is 28.4. The SMILES string of the molecule is Cc1cc(C)cc(N=C2NC(=O)/C(=C/c3cc(C)n(-c4cccc([N+](=O)[O-])c4)c3C)S2)c1. The fraction of sp³-hybridized carbons (Fsp3) is 0.167. The Hall–Kier alpha value is -3.65. The van der Waals surface area contributed by atoms with E-state index in [1.807, 2.05) is 62.6 Å². The Morgan fingerprint density at radius 2 is 1.78 bits per heavy atom. The van der Waals surface area contributed by atoms with Crippen molar-refractivity contribution in [2.45, 2.75) is 27.7 Å². The van der Waals surface area contributed by atoms with Crippen molar-refractivity contribution >= 4 is 40.3 Å². The molecule has 2 aromatic carbocycles.